The first-order chi connectivity index (χ1) is 12.1. The fourth-order valence-corrected chi connectivity index (χ4v) is 2.20. The van der Waals surface area contributed by atoms with Crippen LogP contribution in [0, 0.1) is 10.1 Å². The number of benzene rings is 1. The number of hydrogen-bond acceptors (Lipinski definition) is 7. The molecule has 3 rings (SSSR count). The van der Waals surface area contributed by atoms with Gasteiger partial charge in [0.1, 0.15) is 5.75 Å². The number of nitro benzene ring substituents is 1. The molecule has 0 bridgehead atoms. The highest BCUT2D eigenvalue weighted by atomic mass is 16.6. The van der Waals surface area contributed by atoms with Crippen molar-refractivity contribution in [1.82, 2.24) is 9.97 Å². The predicted octanol–water partition coefficient (Wildman–Crippen LogP) is 3.51. The number of nitro groups is 1. The molecule has 0 radical (unpaired) electrons. The lowest BCUT2D eigenvalue weighted by molar-refractivity contribution is -0.384. The molecule has 0 spiro atoms. The highest BCUT2D eigenvalue weighted by Crippen LogP contribution is 2.30. The highest BCUT2D eigenvalue weighted by Gasteiger charge is 2.12. The Morgan fingerprint density at radius 2 is 2.04 bits per heavy atom. The van der Waals surface area contributed by atoms with Crippen molar-refractivity contribution in [3.05, 3.63) is 64.5 Å². The van der Waals surface area contributed by atoms with Crippen molar-refractivity contribution in [1.29, 1.82) is 0 Å². The smallest absolute Gasteiger partial charge is 0.339 e. The number of nitrogens with zero attached hydrogens (tertiary/aromatic N) is 3. The van der Waals surface area contributed by atoms with Gasteiger partial charge in [-0.25, -0.2) is 9.78 Å². The second-order valence-electron chi connectivity index (χ2n) is 4.98. The zero-order chi connectivity index (χ0) is 17.8. The molecule has 1 aromatic carbocycles. The van der Waals surface area contributed by atoms with Crippen molar-refractivity contribution in [2.45, 2.75) is 6.92 Å². The molecule has 8 nitrogen and oxygen atoms in total. The van der Waals surface area contributed by atoms with Gasteiger partial charge >= 0.3 is 5.97 Å². The summed E-state index contributed by atoms with van der Waals surface area (Å²) >= 11 is 0. The maximum Gasteiger partial charge on any atom is 0.339 e. The van der Waals surface area contributed by atoms with E-state index in [9.17, 15) is 14.9 Å². The Bertz CT molecular complexity index is 941. The Morgan fingerprint density at radius 1 is 1.20 bits per heavy atom. The zero-order valence-corrected chi connectivity index (χ0v) is 13.2. The Labute approximate surface area is 142 Å². The van der Waals surface area contributed by atoms with E-state index in [2.05, 4.69) is 9.97 Å². The van der Waals surface area contributed by atoms with Crippen LogP contribution in [0.4, 0.5) is 5.69 Å². The van der Waals surface area contributed by atoms with Crippen LogP contribution in [0.1, 0.15) is 17.3 Å². The molecule has 0 saturated carbocycles. The van der Waals surface area contributed by atoms with Gasteiger partial charge in [-0.1, -0.05) is 0 Å². The van der Waals surface area contributed by atoms with E-state index in [0.717, 1.165) is 0 Å². The summed E-state index contributed by atoms with van der Waals surface area (Å²) in [5, 5.41) is 11.5. The molecular weight excluding hydrogens is 326 g/mol. The lowest BCUT2D eigenvalue weighted by atomic mass is 10.2. The van der Waals surface area contributed by atoms with Crippen LogP contribution in [0.2, 0.25) is 0 Å². The molecule has 0 N–H and O–H groups in total. The summed E-state index contributed by atoms with van der Waals surface area (Å²) in [4.78, 5) is 30.3. The molecule has 0 aliphatic rings. The summed E-state index contributed by atoms with van der Waals surface area (Å²) in [5.74, 6) is 0.156. The Hall–Kier alpha value is -3.55. The summed E-state index contributed by atoms with van der Waals surface area (Å²) in [7, 11) is 0. The molecule has 8 heteroatoms. The quantitative estimate of drug-likeness (QED) is 0.398. The van der Waals surface area contributed by atoms with Crippen LogP contribution in [0.25, 0.3) is 10.9 Å². The van der Waals surface area contributed by atoms with Gasteiger partial charge in [-0.2, -0.15) is 0 Å². The Morgan fingerprint density at radius 3 is 2.72 bits per heavy atom. The summed E-state index contributed by atoms with van der Waals surface area (Å²) < 4.78 is 10.6. The van der Waals surface area contributed by atoms with Crippen LogP contribution in [0.3, 0.4) is 0 Å². The van der Waals surface area contributed by atoms with Crippen LogP contribution in [-0.2, 0) is 4.74 Å². The van der Waals surface area contributed by atoms with Crippen molar-refractivity contribution in [2.75, 3.05) is 6.61 Å². The van der Waals surface area contributed by atoms with Gasteiger partial charge in [0.2, 0.25) is 5.88 Å². The topological polar surface area (TPSA) is 104 Å². The third kappa shape index (κ3) is 3.52. The van der Waals surface area contributed by atoms with Gasteiger partial charge in [-0.3, -0.25) is 15.1 Å². The average molecular weight is 339 g/mol. The normalized spacial score (nSPS) is 10.4. The number of carbonyl (C=O) groups excluding carboxylic acids is 1. The minimum atomic E-state index is -0.484. The van der Waals surface area contributed by atoms with Crippen molar-refractivity contribution in [3.8, 4) is 11.6 Å². The van der Waals surface area contributed by atoms with Gasteiger partial charge in [0.15, 0.2) is 0 Å². The van der Waals surface area contributed by atoms with Gasteiger partial charge < -0.3 is 9.47 Å². The summed E-state index contributed by atoms with van der Waals surface area (Å²) in [6, 6.07) is 8.97. The number of ether oxygens (including phenoxy) is 2. The van der Waals surface area contributed by atoms with Crippen LogP contribution < -0.4 is 4.74 Å². The van der Waals surface area contributed by atoms with Crippen LogP contribution in [0.15, 0.2) is 48.8 Å². The van der Waals surface area contributed by atoms with Crippen LogP contribution in [-0.4, -0.2) is 27.5 Å². The van der Waals surface area contributed by atoms with Crippen molar-refractivity contribution in [2.24, 2.45) is 0 Å². The number of rotatable bonds is 5. The standard InChI is InChI=1S/C17H13N3O5/c1-2-24-17(21)11-3-6-16(19-10-11)25-15-7-8-18-14-5-4-12(20(22)23)9-13(14)15/h3-10H,2H2,1H3. The van der Waals surface area contributed by atoms with Gasteiger partial charge in [-0.05, 0) is 25.1 Å². The van der Waals surface area contributed by atoms with E-state index < -0.39 is 10.9 Å². The zero-order valence-electron chi connectivity index (χ0n) is 13.2. The second kappa shape index (κ2) is 6.91. The number of pyridine rings is 2. The van der Waals surface area contributed by atoms with E-state index in [-0.39, 0.29) is 18.2 Å². The van der Waals surface area contributed by atoms with Crippen LogP contribution in [0.5, 0.6) is 11.6 Å². The largest absolute Gasteiger partial charge is 0.462 e. The first-order valence-corrected chi connectivity index (χ1v) is 7.42. The monoisotopic (exact) mass is 339 g/mol. The molecule has 0 saturated heterocycles. The molecule has 25 heavy (non-hydrogen) atoms. The molecule has 2 heterocycles. The van der Waals surface area contributed by atoms with Crippen molar-refractivity contribution < 1.29 is 19.2 Å². The summed E-state index contributed by atoms with van der Waals surface area (Å²) in [6.45, 7) is 2.00. The van der Waals surface area contributed by atoms with E-state index >= 15 is 0 Å². The molecule has 0 aliphatic carbocycles. The summed E-state index contributed by atoms with van der Waals surface area (Å²) in [5.41, 5.74) is 0.812. The molecule has 0 atom stereocenters. The number of fused-ring (bicyclic) bond motifs is 1. The van der Waals surface area contributed by atoms with Gasteiger partial charge in [0.05, 0.1) is 22.6 Å². The number of aromatic nitrogens is 2. The summed E-state index contributed by atoms with van der Waals surface area (Å²) in [6.07, 6.45) is 2.88. The first-order valence-electron chi connectivity index (χ1n) is 7.42. The van der Waals surface area contributed by atoms with Crippen LogP contribution >= 0.6 is 0 Å². The van der Waals surface area contributed by atoms with E-state index in [1.807, 2.05) is 0 Å². The molecule has 0 amide bonds. The lowest BCUT2D eigenvalue weighted by Crippen LogP contribution is -2.05. The predicted molar refractivity (Wildman–Crippen MR) is 88.7 cm³/mol. The SMILES string of the molecule is CCOC(=O)c1ccc(Oc2ccnc3ccc([N+](=O)[O-])cc23)nc1. The molecule has 0 unspecified atom stereocenters. The van der Waals surface area contributed by atoms with E-state index in [4.69, 9.17) is 9.47 Å². The highest BCUT2D eigenvalue weighted by molar-refractivity contribution is 5.89. The maximum absolute atomic E-state index is 11.6. The first kappa shape index (κ1) is 16.3. The number of hydrogen-bond donors (Lipinski definition) is 0. The molecular formula is C17H13N3O5. The minimum absolute atomic E-state index is 0.0593. The van der Waals surface area contributed by atoms with E-state index in [0.29, 0.717) is 22.2 Å². The van der Waals surface area contributed by atoms with Crippen molar-refractivity contribution >= 4 is 22.6 Å². The Kier molecular flexibility index (Phi) is 4.51. The maximum atomic E-state index is 11.6. The van der Waals surface area contributed by atoms with Crippen molar-refractivity contribution in [3.63, 3.8) is 0 Å². The van der Waals surface area contributed by atoms with Gasteiger partial charge in [-0.15, -0.1) is 0 Å². The fourth-order valence-electron chi connectivity index (χ4n) is 2.20. The molecule has 0 aliphatic heterocycles. The third-order valence-electron chi connectivity index (χ3n) is 3.36. The fraction of sp³-hybridized carbons (Fsp3) is 0.118. The average Bonchev–Trinajstić information content (AvgIpc) is 2.62. The van der Waals surface area contributed by atoms with Gasteiger partial charge in [0.25, 0.3) is 5.69 Å². The number of esters is 1. The number of non-ortho nitro benzene ring substituents is 1. The minimum Gasteiger partial charge on any atom is -0.462 e. The van der Waals surface area contributed by atoms with E-state index in [1.54, 1.807) is 19.1 Å². The number of carbonyl (C=O) groups is 1. The van der Waals surface area contributed by atoms with E-state index in [1.165, 1.54) is 36.7 Å². The Balaban J connectivity index is 1.91. The third-order valence-corrected chi connectivity index (χ3v) is 3.36. The second-order valence-corrected chi connectivity index (χ2v) is 4.98. The molecule has 2 aromatic heterocycles. The molecule has 3 aromatic rings. The molecule has 126 valence electrons. The lowest BCUT2D eigenvalue weighted by Gasteiger charge is -2.08. The molecule has 0 fully saturated rings. The van der Waals surface area contributed by atoms with Gasteiger partial charge in [0, 0.05) is 36.0 Å².